The standard InChI is InChI=1S/C17H24N4O3/c1-4-12-10-13(14(22)5-2)15(23)11-16(12)24-9-7-6-8-17-18-20-21(3)19-17/h10-11,23H,4-9H2,1-3H3. The van der Waals surface area contributed by atoms with Crippen LogP contribution in [0.3, 0.4) is 0 Å². The van der Waals surface area contributed by atoms with Gasteiger partial charge in [0, 0.05) is 18.9 Å². The van der Waals surface area contributed by atoms with Crippen molar-refractivity contribution in [3.8, 4) is 11.5 Å². The summed E-state index contributed by atoms with van der Waals surface area (Å²) in [5.74, 6) is 1.29. The number of carbonyl (C=O) groups excluding carboxylic acids is 1. The van der Waals surface area contributed by atoms with Crippen LogP contribution in [0, 0.1) is 0 Å². The molecule has 0 bridgehead atoms. The number of hydrogen-bond donors (Lipinski definition) is 1. The van der Waals surface area contributed by atoms with E-state index >= 15 is 0 Å². The zero-order valence-electron chi connectivity index (χ0n) is 14.4. The predicted octanol–water partition coefficient (Wildman–Crippen LogP) is 2.47. The van der Waals surface area contributed by atoms with Crippen LogP contribution in [0.2, 0.25) is 0 Å². The van der Waals surface area contributed by atoms with Crippen molar-refractivity contribution >= 4 is 5.78 Å². The molecule has 1 N–H and O–H groups in total. The Morgan fingerprint density at radius 3 is 2.71 bits per heavy atom. The smallest absolute Gasteiger partial charge is 0.174 e. The van der Waals surface area contributed by atoms with Crippen molar-refractivity contribution in [1.29, 1.82) is 0 Å². The average Bonchev–Trinajstić information content (AvgIpc) is 2.99. The molecule has 0 saturated carbocycles. The van der Waals surface area contributed by atoms with Crippen LogP contribution in [-0.2, 0) is 19.9 Å². The Morgan fingerprint density at radius 1 is 1.29 bits per heavy atom. The molecule has 0 aliphatic carbocycles. The number of carbonyl (C=O) groups is 1. The van der Waals surface area contributed by atoms with Crippen molar-refractivity contribution in [1.82, 2.24) is 20.2 Å². The molecule has 7 heteroatoms. The Bertz CT molecular complexity index is 697. The van der Waals surface area contributed by atoms with Crippen LogP contribution in [0.5, 0.6) is 11.5 Å². The second-order valence-corrected chi connectivity index (χ2v) is 5.61. The van der Waals surface area contributed by atoms with Crippen molar-refractivity contribution < 1.29 is 14.6 Å². The second-order valence-electron chi connectivity index (χ2n) is 5.61. The topological polar surface area (TPSA) is 90.1 Å². The lowest BCUT2D eigenvalue weighted by molar-refractivity contribution is 0.0985. The van der Waals surface area contributed by atoms with E-state index < -0.39 is 0 Å². The van der Waals surface area contributed by atoms with Gasteiger partial charge in [-0.1, -0.05) is 13.8 Å². The minimum atomic E-state index is -0.0646. The minimum absolute atomic E-state index is 0.0159. The molecule has 2 rings (SSSR count). The van der Waals surface area contributed by atoms with Crippen molar-refractivity contribution in [2.45, 2.75) is 46.0 Å². The van der Waals surface area contributed by atoms with Crippen LogP contribution >= 0.6 is 0 Å². The van der Waals surface area contributed by atoms with Crippen LogP contribution in [0.15, 0.2) is 12.1 Å². The van der Waals surface area contributed by atoms with Gasteiger partial charge in [-0.2, -0.15) is 4.80 Å². The number of aromatic nitrogens is 4. The number of tetrazole rings is 1. The van der Waals surface area contributed by atoms with E-state index in [2.05, 4.69) is 15.4 Å². The number of aryl methyl sites for hydroxylation is 3. The molecule has 7 nitrogen and oxygen atoms in total. The predicted molar refractivity (Wildman–Crippen MR) is 89.3 cm³/mol. The molecule has 0 aliphatic rings. The number of ketones is 1. The van der Waals surface area contributed by atoms with Crippen LogP contribution in [0.4, 0.5) is 0 Å². The number of benzene rings is 1. The summed E-state index contributed by atoms with van der Waals surface area (Å²) in [5.41, 5.74) is 1.30. The second kappa shape index (κ2) is 8.42. The van der Waals surface area contributed by atoms with Crippen molar-refractivity contribution in [2.24, 2.45) is 7.05 Å². The highest BCUT2D eigenvalue weighted by Crippen LogP contribution is 2.30. The number of aromatic hydroxyl groups is 1. The largest absolute Gasteiger partial charge is 0.507 e. The van der Waals surface area contributed by atoms with Crippen LogP contribution in [0.1, 0.15) is 54.9 Å². The van der Waals surface area contributed by atoms with E-state index in [0.717, 1.165) is 37.1 Å². The summed E-state index contributed by atoms with van der Waals surface area (Å²) >= 11 is 0. The summed E-state index contributed by atoms with van der Waals surface area (Å²) in [6.45, 7) is 4.32. The van der Waals surface area contributed by atoms with E-state index in [1.807, 2.05) is 6.92 Å². The Kier molecular flexibility index (Phi) is 6.28. The first-order valence-electron chi connectivity index (χ1n) is 8.29. The molecule has 1 heterocycles. The number of phenols is 1. The van der Waals surface area contributed by atoms with Gasteiger partial charge in [0.05, 0.1) is 19.2 Å². The molecule has 0 fully saturated rings. The zero-order chi connectivity index (χ0) is 17.5. The third-order valence-corrected chi connectivity index (χ3v) is 3.78. The van der Waals surface area contributed by atoms with Crippen molar-refractivity contribution in [2.75, 3.05) is 6.61 Å². The molecular formula is C17H24N4O3. The Hall–Kier alpha value is -2.44. The van der Waals surface area contributed by atoms with Crippen LogP contribution < -0.4 is 4.74 Å². The molecule has 0 spiro atoms. The first-order valence-corrected chi connectivity index (χ1v) is 8.29. The van der Waals surface area contributed by atoms with Gasteiger partial charge in [-0.05, 0) is 36.1 Å². The van der Waals surface area contributed by atoms with Crippen LogP contribution in [0.25, 0.3) is 0 Å². The molecular weight excluding hydrogens is 308 g/mol. The first-order chi connectivity index (χ1) is 11.5. The molecule has 24 heavy (non-hydrogen) atoms. The van der Waals surface area contributed by atoms with Crippen molar-refractivity contribution in [3.05, 3.63) is 29.1 Å². The highest BCUT2D eigenvalue weighted by Gasteiger charge is 2.14. The Balaban J connectivity index is 1.89. The Labute approximate surface area is 141 Å². The fraction of sp³-hybridized carbons (Fsp3) is 0.529. The van der Waals surface area contributed by atoms with Crippen LogP contribution in [-0.4, -0.2) is 37.7 Å². The number of rotatable bonds is 9. The number of ether oxygens (including phenoxy) is 1. The average molecular weight is 332 g/mol. The number of nitrogens with zero attached hydrogens (tertiary/aromatic N) is 4. The summed E-state index contributed by atoms with van der Waals surface area (Å²) in [7, 11) is 1.74. The van der Waals surface area contributed by atoms with E-state index in [9.17, 15) is 9.90 Å². The van der Waals surface area contributed by atoms with Gasteiger partial charge in [-0.25, -0.2) is 0 Å². The van der Waals surface area contributed by atoms with Gasteiger partial charge >= 0.3 is 0 Å². The summed E-state index contributed by atoms with van der Waals surface area (Å²) in [6, 6.07) is 3.28. The van der Waals surface area contributed by atoms with Gasteiger partial charge in [-0.3, -0.25) is 4.79 Å². The van der Waals surface area contributed by atoms with Gasteiger partial charge < -0.3 is 9.84 Å². The van der Waals surface area contributed by atoms with Gasteiger partial charge in [0.25, 0.3) is 0 Å². The number of phenolic OH excluding ortho intramolecular Hbond substituents is 1. The summed E-state index contributed by atoms with van der Waals surface area (Å²) < 4.78 is 5.79. The molecule has 0 saturated heterocycles. The molecule has 1 aromatic heterocycles. The fourth-order valence-electron chi connectivity index (χ4n) is 2.43. The maximum Gasteiger partial charge on any atom is 0.174 e. The lowest BCUT2D eigenvalue weighted by atomic mass is 10.0. The van der Waals surface area contributed by atoms with Gasteiger partial charge in [-0.15, -0.1) is 10.2 Å². The monoisotopic (exact) mass is 332 g/mol. The Morgan fingerprint density at radius 2 is 2.08 bits per heavy atom. The van der Waals surface area contributed by atoms with E-state index in [1.54, 1.807) is 26.1 Å². The van der Waals surface area contributed by atoms with E-state index in [0.29, 0.717) is 24.3 Å². The molecule has 0 amide bonds. The molecule has 0 aliphatic heterocycles. The molecule has 0 radical (unpaired) electrons. The molecule has 2 aromatic rings. The van der Waals surface area contributed by atoms with Gasteiger partial charge in [0.15, 0.2) is 11.6 Å². The highest BCUT2D eigenvalue weighted by atomic mass is 16.5. The minimum Gasteiger partial charge on any atom is -0.507 e. The zero-order valence-corrected chi connectivity index (χ0v) is 14.4. The highest BCUT2D eigenvalue weighted by molar-refractivity contribution is 5.98. The summed E-state index contributed by atoms with van der Waals surface area (Å²) in [6.07, 6.45) is 3.60. The van der Waals surface area contributed by atoms with Gasteiger partial charge in [0.1, 0.15) is 11.5 Å². The number of unbranched alkanes of at least 4 members (excludes halogenated alkanes) is 1. The normalized spacial score (nSPS) is 10.8. The first kappa shape index (κ1) is 17.9. The maximum atomic E-state index is 11.8. The molecule has 130 valence electrons. The maximum absolute atomic E-state index is 11.8. The SMILES string of the molecule is CCC(=O)c1cc(CC)c(OCCCCc2nnn(C)n2)cc1O. The molecule has 0 atom stereocenters. The number of Topliss-reactive ketones (excluding diaryl/α,β-unsaturated/α-hetero) is 1. The number of hydrogen-bond acceptors (Lipinski definition) is 6. The van der Waals surface area contributed by atoms with Crippen molar-refractivity contribution in [3.63, 3.8) is 0 Å². The lowest BCUT2D eigenvalue weighted by Gasteiger charge is -2.13. The summed E-state index contributed by atoms with van der Waals surface area (Å²) in [4.78, 5) is 13.3. The van der Waals surface area contributed by atoms with Gasteiger partial charge in [0.2, 0.25) is 0 Å². The third-order valence-electron chi connectivity index (χ3n) is 3.78. The van der Waals surface area contributed by atoms with E-state index in [4.69, 9.17) is 4.74 Å². The summed E-state index contributed by atoms with van der Waals surface area (Å²) in [5, 5.41) is 21.9. The fourth-order valence-corrected chi connectivity index (χ4v) is 2.43. The quantitative estimate of drug-likeness (QED) is 0.560. The van der Waals surface area contributed by atoms with E-state index in [-0.39, 0.29) is 11.5 Å². The molecule has 0 unspecified atom stereocenters. The lowest BCUT2D eigenvalue weighted by Crippen LogP contribution is -2.04. The van der Waals surface area contributed by atoms with E-state index in [1.165, 1.54) is 4.80 Å². The molecule has 1 aromatic carbocycles. The third kappa shape index (κ3) is 4.53.